The van der Waals surface area contributed by atoms with Gasteiger partial charge in [0.05, 0.1) is 0 Å². The second-order valence-electron chi connectivity index (χ2n) is 3.14. The third kappa shape index (κ3) is 5.86. The van der Waals surface area contributed by atoms with Crippen molar-refractivity contribution in [3.63, 3.8) is 0 Å². The first-order valence-corrected chi connectivity index (χ1v) is 6.01. The molecule has 0 aromatic carbocycles. The average Bonchev–Trinajstić information content (AvgIpc) is 2.05. The van der Waals surface area contributed by atoms with Crippen molar-refractivity contribution in [1.29, 1.82) is 0 Å². The molecule has 0 spiro atoms. The average molecular weight is 190 g/mol. The normalized spacial score (nSPS) is 13.8. The number of hydrogen-bond donors (Lipinski definition) is 1. The number of rotatable bonds is 7. The second kappa shape index (κ2) is 7.90. The van der Waals surface area contributed by atoms with Crippen LogP contribution in [0.1, 0.15) is 13.8 Å². The second-order valence-corrected chi connectivity index (χ2v) is 4.05. The zero-order chi connectivity index (χ0) is 9.40. The predicted octanol–water partition coefficient (Wildman–Crippen LogP) is 1.28. The van der Waals surface area contributed by atoms with Gasteiger partial charge in [-0.2, -0.15) is 11.8 Å². The van der Waals surface area contributed by atoms with Gasteiger partial charge in [-0.25, -0.2) is 0 Å². The van der Waals surface area contributed by atoms with E-state index in [1.54, 1.807) is 0 Å². The molecule has 74 valence electrons. The van der Waals surface area contributed by atoms with Crippen molar-refractivity contribution in [2.24, 2.45) is 0 Å². The predicted molar refractivity (Wildman–Crippen MR) is 59.0 cm³/mol. The molecule has 2 nitrogen and oxygen atoms in total. The molecule has 3 heteroatoms. The van der Waals surface area contributed by atoms with E-state index in [2.05, 4.69) is 37.4 Å². The lowest BCUT2D eigenvalue weighted by Gasteiger charge is -2.23. The van der Waals surface area contributed by atoms with Crippen LogP contribution in [0.25, 0.3) is 0 Å². The van der Waals surface area contributed by atoms with Crippen molar-refractivity contribution >= 4 is 11.8 Å². The number of nitrogens with zero attached hydrogens (tertiary/aromatic N) is 1. The molecule has 0 aliphatic carbocycles. The van der Waals surface area contributed by atoms with Crippen LogP contribution in [-0.4, -0.2) is 49.6 Å². The zero-order valence-electron chi connectivity index (χ0n) is 8.76. The molecular weight excluding hydrogens is 168 g/mol. The van der Waals surface area contributed by atoms with Crippen LogP contribution >= 0.6 is 11.8 Å². The third-order valence-electron chi connectivity index (χ3n) is 2.05. The minimum absolute atomic E-state index is 0.693. The fourth-order valence-electron chi connectivity index (χ4n) is 1.02. The Kier molecular flexibility index (Phi) is 8.07. The van der Waals surface area contributed by atoms with E-state index in [4.69, 9.17) is 0 Å². The Morgan fingerprint density at radius 3 is 2.67 bits per heavy atom. The maximum absolute atomic E-state index is 3.33. The minimum atomic E-state index is 0.693. The van der Waals surface area contributed by atoms with Crippen LogP contribution in [0, 0.1) is 0 Å². The summed E-state index contributed by atoms with van der Waals surface area (Å²) in [6.07, 6.45) is 2.16. The number of nitrogens with one attached hydrogen (secondary N) is 1. The lowest BCUT2D eigenvalue weighted by molar-refractivity contribution is 0.278. The molecular formula is C9H22N2S. The molecule has 0 rings (SSSR count). The van der Waals surface area contributed by atoms with Gasteiger partial charge in [-0.15, -0.1) is 0 Å². The molecule has 0 aliphatic heterocycles. The van der Waals surface area contributed by atoms with E-state index in [9.17, 15) is 0 Å². The summed E-state index contributed by atoms with van der Waals surface area (Å²) >= 11 is 1.92. The molecule has 12 heavy (non-hydrogen) atoms. The van der Waals surface area contributed by atoms with E-state index in [0.29, 0.717) is 6.04 Å². The van der Waals surface area contributed by atoms with Gasteiger partial charge in [-0.1, -0.05) is 6.92 Å². The third-order valence-corrected chi connectivity index (χ3v) is 2.87. The lowest BCUT2D eigenvalue weighted by Crippen LogP contribution is -2.36. The summed E-state index contributed by atoms with van der Waals surface area (Å²) in [5.41, 5.74) is 0. The van der Waals surface area contributed by atoms with Gasteiger partial charge in [0.1, 0.15) is 0 Å². The molecule has 0 bridgehead atoms. The SMILES string of the molecule is CCNCCN(C)C(C)CSC. The molecule has 0 radical (unpaired) electrons. The number of hydrogen-bond acceptors (Lipinski definition) is 3. The largest absolute Gasteiger partial charge is 0.316 e. The summed E-state index contributed by atoms with van der Waals surface area (Å²) in [6, 6.07) is 0.693. The van der Waals surface area contributed by atoms with Gasteiger partial charge < -0.3 is 10.2 Å². The van der Waals surface area contributed by atoms with Crippen LogP contribution < -0.4 is 5.32 Å². The fraction of sp³-hybridized carbons (Fsp3) is 1.00. The zero-order valence-corrected chi connectivity index (χ0v) is 9.58. The first-order chi connectivity index (χ1) is 5.72. The van der Waals surface area contributed by atoms with E-state index in [-0.39, 0.29) is 0 Å². The highest BCUT2D eigenvalue weighted by molar-refractivity contribution is 7.98. The Morgan fingerprint density at radius 2 is 2.17 bits per heavy atom. The summed E-state index contributed by atoms with van der Waals surface area (Å²) in [5.74, 6) is 1.22. The smallest absolute Gasteiger partial charge is 0.0155 e. The van der Waals surface area contributed by atoms with Crippen LogP contribution in [0.3, 0.4) is 0 Å². The maximum Gasteiger partial charge on any atom is 0.0155 e. The molecule has 1 unspecified atom stereocenters. The van der Waals surface area contributed by atoms with Gasteiger partial charge in [0.25, 0.3) is 0 Å². The molecule has 0 aliphatic rings. The van der Waals surface area contributed by atoms with E-state index in [1.165, 1.54) is 5.75 Å². The summed E-state index contributed by atoms with van der Waals surface area (Å²) in [5, 5.41) is 3.33. The molecule has 0 saturated carbocycles. The lowest BCUT2D eigenvalue weighted by atomic mass is 10.3. The minimum Gasteiger partial charge on any atom is -0.316 e. The van der Waals surface area contributed by atoms with Gasteiger partial charge in [0.15, 0.2) is 0 Å². The van der Waals surface area contributed by atoms with Gasteiger partial charge >= 0.3 is 0 Å². The van der Waals surface area contributed by atoms with Crippen LogP contribution in [0.2, 0.25) is 0 Å². The topological polar surface area (TPSA) is 15.3 Å². The summed E-state index contributed by atoms with van der Waals surface area (Å²) < 4.78 is 0. The van der Waals surface area contributed by atoms with Crippen molar-refractivity contribution in [2.45, 2.75) is 19.9 Å². The first-order valence-electron chi connectivity index (χ1n) is 4.62. The van der Waals surface area contributed by atoms with Crippen LogP contribution in [0.4, 0.5) is 0 Å². The Labute approximate surface area is 81.1 Å². The van der Waals surface area contributed by atoms with Gasteiger partial charge in [-0.3, -0.25) is 0 Å². The molecule has 0 aromatic heterocycles. The maximum atomic E-state index is 3.33. The van der Waals surface area contributed by atoms with E-state index in [0.717, 1.165) is 19.6 Å². The van der Waals surface area contributed by atoms with E-state index >= 15 is 0 Å². The van der Waals surface area contributed by atoms with Crippen molar-refractivity contribution in [3.05, 3.63) is 0 Å². The Hall–Kier alpha value is 0.270. The highest BCUT2D eigenvalue weighted by atomic mass is 32.2. The molecule has 1 atom stereocenters. The van der Waals surface area contributed by atoms with Gasteiger partial charge in [0, 0.05) is 24.9 Å². The molecule has 0 heterocycles. The molecule has 0 aromatic rings. The first kappa shape index (κ1) is 12.3. The monoisotopic (exact) mass is 190 g/mol. The van der Waals surface area contributed by atoms with Gasteiger partial charge in [-0.05, 0) is 26.8 Å². The standard InChI is InChI=1S/C9H22N2S/c1-5-10-6-7-11(3)9(2)8-12-4/h9-10H,5-8H2,1-4H3. The van der Waals surface area contributed by atoms with E-state index in [1.807, 2.05) is 11.8 Å². The molecule has 1 N–H and O–H groups in total. The van der Waals surface area contributed by atoms with Crippen molar-refractivity contribution in [3.8, 4) is 0 Å². The summed E-state index contributed by atoms with van der Waals surface area (Å²) in [7, 11) is 2.19. The Morgan fingerprint density at radius 1 is 1.50 bits per heavy atom. The highest BCUT2D eigenvalue weighted by Gasteiger charge is 2.06. The molecule has 0 fully saturated rings. The summed E-state index contributed by atoms with van der Waals surface area (Å²) in [4.78, 5) is 2.40. The highest BCUT2D eigenvalue weighted by Crippen LogP contribution is 2.02. The number of likely N-dealkylation sites (N-methyl/N-ethyl adjacent to an activating group) is 2. The Balaban J connectivity index is 3.35. The molecule has 0 saturated heterocycles. The van der Waals surface area contributed by atoms with Crippen molar-refractivity contribution in [1.82, 2.24) is 10.2 Å². The number of thioether (sulfide) groups is 1. The quantitative estimate of drug-likeness (QED) is 0.609. The van der Waals surface area contributed by atoms with Crippen LogP contribution in [0.15, 0.2) is 0 Å². The Bertz CT molecular complexity index is 98.5. The van der Waals surface area contributed by atoms with Crippen molar-refractivity contribution in [2.75, 3.05) is 38.7 Å². The fourth-order valence-corrected chi connectivity index (χ4v) is 1.76. The van der Waals surface area contributed by atoms with E-state index < -0.39 is 0 Å². The van der Waals surface area contributed by atoms with Gasteiger partial charge in [0.2, 0.25) is 0 Å². The summed E-state index contributed by atoms with van der Waals surface area (Å²) in [6.45, 7) is 7.75. The molecule has 0 amide bonds. The van der Waals surface area contributed by atoms with Crippen molar-refractivity contribution < 1.29 is 0 Å². The van der Waals surface area contributed by atoms with Crippen LogP contribution in [0.5, 0.6) is 0 Å². The van der Waals surface area contributed by atoms with Crippen LogP contribution in [-0.2, 0) is 0 Å².